The Bertz CT molecular complexity index is 819. The molecule has 0 aliphatic heterocycles. The lowest BCUT2D eigenvalue weighted by Gasteiger charge is -2.56. The first-order valence-electron chi connectivity index (χ1n) is 12.5. The number of hydrogen-bond donors (Lipinski definition) is 0. The van der Waals surface area contributed by atoms with Crippen LogP contribution in [0.2, 0.25) is 0 Å². The number of rotatable bonds is 6. The smallest absolute Gasteiger partial charge is 0.169 e. The second-order valence-corrected chi connectivity index (χ2v) is 11.7. The van der Waals surface area contributed by atoms with Crippen molar-refractivity contribution < 1.29 is 13.9 Å². The first-order chi connectivity index (χ1) is 14.5. The highest BCUT2D eigenvalue weighted by molar-refractivity contribution is 5.98. The van der Waals surface area contributed by atoms with E-state index in [0.717, 1.165) is 67.8 Å². The lowest BCUT2D eigenvalue weighted by molar-refractivity contribution is -0.0747. The summed E-state index contributed by atoms with van der Waals surface area (Å²) in [6, 6.07) is 3.43. The normalized spacial score (nSPS) is 39.5. The molecule has 4 bridgehead atoms. The largest absolute Gasteiger partial charge is 0.493 e. The van der Waals surface area contributed by atoms with E-state index < -0.39 is 0 Å². The van der Waals surface area contributed by atoms with E-state index in [1.807, 2.05) is 6.07 Å². The van der Waals surface area contributed by atoms with E-state index in [9.17, 15) is 4.79 Å². The molecule has 162 valence electrons. The maximum absolute atomic E-state index is 15.1. The van der Waals surface area contributed by atoms with Crippen molar-refractivity contribution in [2.75, 3.05) is 6.61 Å². The minimum absolute atomic E-state index is 0.00894. The Kier molecular flexibility index (Phi) is 4.55. The molecular weight excluding hydrogens is 375 g/mol. The van der Waals surface area contributed by atoms with Gasteiger partial charge in [0.05, 0.1) is 12.2 Å². The van der Waals surface area contributed by atoms with Crippen LogP contribution in [0.4, 0.5) is 4.39 Å². The van der Waals surface area contributed by atoms with Crippen molar-refractivity contribution in [2.24, 2.45) is 35.0 Å². The number of benzene rings is 1. The van der Waals surface area contributed by atoms with Crippen LogP contribution < -0.4 is 4.74 Å². The van der Waals surface area contributed by atoms with E-state index in [0.29, 0.717) is 22.8 Å². The summed E-state index contributed by atoms with van der Waals surface area (Å²) in [5.74, 6) is 3.87. The Labute approximate surface area is 180 Å². The third-order valence-corrected chi connectivity index (χ3v) is 9.28. The summed E-state index contributed by atoms with van der Waals surface area (Å²) >= 11 is 0. The standard InChI is InChI=1S/C27H35FO2/c1-16-3-2-4-21(16)26(29)23-10-22(20-5-6-20)25(11-24(23)28)30-15-27-12-17-7-18(13-27)9-19(8-17)14-27/h10-11,16-21H,2-9,12-15H2,1H3/t16-,17?,18?,19?,21-,27?/m1/s1. The predicted molar refractivity (Wildman–Crippen MR) is 115 cm³/mol. The van der Waals surface area contributed by atoms with Crippen molar-refractivity contribution in [3.63, 3.8) is 0 Å². The molecule has 0 saturated heterocycles. The average Bonchev–Trinajstić information content (AvgIpc) is 3.45. The van der Waals surface area contributed by atoms with Gasteiger partial charge in [0.25, 0.3) is 0 Å². The summed E-state index contributed by atoms with van der Waals surface area (Å²) in [4.78, 5) is 13.1. The van der Waals surface area contributed by atoms with Crippen LogP contribution in [0.1, 0.15) is 99.4 Å². The first kappa shape index (κ1) is 19.3. The van der Waals surface area contributed by atoms with Gasteiger partial charge in [-0.25, -0.2) is 4.39 Å². The Balaban J connectivity index is 1.24. The Hall–Kier alpha value is -1.38. The molecule has 0 unspecified atom stereocenters. The minimum Gasteiger partial charge on any atom is -0.493 e. The van der Waals surface area contributed by atoms with Crippen LogP contribution in [0.3, 0.4) is 0 Å². The number of carbonyl (C=O) groups excluding carboxylic acids is 1. The Morgan fingerprint density at radius 1 is 1.03 bits per heavy atom. The molecule has 30 heavy (non-hydrogen) atoms. The fourth-order valence-electron chi connectivity index (χ4n) is 8.03. The van der Waals surface area contributed by atoms with Crippen LogP contribution in [0, 0.1) is 40.8 Å². The molecule has 0 aromatic heterocycles. The summed E-state index contributed by atoms with van der Waals surface area (Å²) in [6.45, 7) is 2.88. The minimum atomic E-state index is -0.371. The number of carbonyl (C=O) groups is 1. The molecule has 0 amide bonds. The molecule has 1 aromatic rings. The van der Waals surface area contributed by atoms with E-state index in [1.165, 1.54) is 38.5 Å². The second-order valence-electron chi connectivity index (χ2n) is 11.7. The molecule has 7 rings (SSSR count). The molecule has 0 radical (unpaired) electrons. The second kappa shape index (κ2) is 7.07. The molecule has 3 heteroatoms. The fourth-order valence-corrected chi connectivity index (χ4v) is 8.03. The summed E-state index contributed by atoms with van der Waals surface area (Å²) in [7, 11) is 0. The van der Waals surface area contributed by atoms with Gasteiger partial charge in [0, 0.05) is 17.4 Å². The van der Waals surface area contributed by atoms with Gasteiger partial charge >= 0.3 is 0 Å². The van der Waals surface area contributed by atoms with Crippen LogP contribution in [0.25, 0.3) is 0 Å². The van der Waals surface area contributed by atoms with E-state index in [-0.39, 0.29) is 17.5 Å². The molecule has 0 heterocycles. The molecule has 2 atom stereocenters. The van der Waals surface area contributed by atoms with E-state index in [2.05, 4.69) is 6.92 Å². The van der Waals surface area contributed by atoms with Crippen molar-refractivity contribution in [2.45, 2.75) is 83.5 Å². The van der Waals surface area contributed by atoms with Crippen molar-refractivity contribution >= 4 is 5.78 Å². The Morgan fingerprint density at radius 3 is 2.27 bits per heavy atom. The highest BCUT2D eigenvalue weighted by atomic mass is 19.1. The highest BCUT2D eigenvalue weighted by Crippen LogP contribution is 2.60. The van der Waals surface area contributed by atoms with Crippen LogP contribution >= 0.6 is 0 Å². The maximum atomic E-state index is 15.1. The van der Waals surface area contributed by atoms with Crippen molar-refractivity contribution in [3.05, 3.63) is 29.1 Å². The monoisotopic (exact) mass is 410 g/mol. The lowest BCUT2D eigenvalue weighted by atomic mass is 9.50. The number of ketones is 1. The zero-order chi connectivity index (χ0) is 20.5. The number of halogens is 1. The lowest BCUT2D eigenvalue weighted by Crippen LogP contribution is -2.48. The third kappa shape index (κ3) is 3.31. The van der Waals surface area contributed by atoms with Crippen LogP contribution in [-0.4, -0.2) is 12.4 Å². The number of hydrogen-bond acceptors (Lipinski definition) is 2. The molecule has 0 spiro atoms. The number of Topliss-reactive ketones (excluding diaryl/α,β-unsaturated/α-hetero) is 1. The van der Waals surface area contributed by atoms with Crippen molar-refractivity contribution in [1.82, 2.24) is 0 Å². The van der Waals surface area contributed by atoms with E-state index in [4.69, 9.17) is 4.74 Å². The summed E-state index contributed by atoms with van der Waals surface area (Å²) in [6.07, 6.45) is 13.5. The summed E-state index contributed by atoms with van der Waals surface area (Å²) in [5, 5.41) is 0. The third-order valence-electron chi connectivity index (χ3n) is 9.28. The predicted octanol–water partition coefficient (Wildman–Crippen LogP) is 6.92. The van der Waals surface area contributed by atoms with Crippen molar-refractivity contribution in [3.8, 4) is 5.75 Å². The first-order valence-corrected chi connectivity index (χ1v) is 12.5. The van der Waals surface area contributed by atoms with Gasteiger partial charge in [-0.15, -0.1) is 0 Å². The van der Waals surface area contributed by atoms with Crippen LogP contribution in [-0.2, 0) is 0 Å². The average molecular weight is 411 g/mol. The quantitative estimate of drug-likeness (QED) is 0.476. The van der Waals surface area contributed by atoms with Gasteiger partial charge < -0.3 is 4.74 Å². The fraction of sp³-hybridized carbons (Fsp3) is 0.741. The van der Waals surface area contributed by atoms with E-state index in [1.54, 1.807) is 6.07 Å². The maximum Gasteiger partial charge on any atom is 0.169 e. The van der Waals surface area contributed by atoms with Crippen LogP contribution in [0.5, 0.6) is 5.75 Å². The Morgan fingerprint density at radius 2 is 1.70 bits per heavy atom. The molecule has 6 saturated carbocycles. The molecular formula is C27H35FO2. The topological polar surface area (TPSA) is 26.3 Å². The summed E-state index contributed by atoms with van der Waals surface area (Å²) < 4.78 is 21.6. The van der Waals surface area contributed by atoms with Gasteiger partial charge in [-0.3, -0.25) is 4.79 Å². The SMILES string of the molecule is C[C@@H]1CCC[C@H]1C(=O)c1cc(C2CC2)c(OCC23CC4CC(CC(C4)C2)C3)cc1F. The van der Waals surface area contributed by atoms with Crippen LogP contribution in [0.15, 0.2) is 12.1 Å². The molecule has 0 N–H and O–H groups in total. The van der Waals surface area contributed by atoms with Gasteiger partial charge in [0.15, 0.2) is 5.78 Å². The molecule has 6 aliphatic carbocycles. The molecule has 6 fully saturated rings. The summed E-state index contributed by atoms with van der Waals surface area (Å²) in [5.41, 5.74) is 1.73. The molecule has 2 nitrogen and oxygen atoms in total. The molecule has 6 aliphatic rings. The number of ether oxygens (including phenoxy) is 1. The van der Waals surface area contributed by atoms with Gasteiger partial charge in [-0.1, -0.05) is 13.3 Å². The highest BCUT2D eigenvalue weighted by Gasteiger charge is 2.51. The molecule has 1 aromatic carbocycles. The van der Waals surface area contributed by atoms with Gasteiger partial charge in [0.2, 0.25) is 0 Å². The van der Waals surface area contributed by atoms with E-state index >= 15 is 4.39 Å². The van der Waals surface area contributed by atoms with Gasteiger partial charge in [-0.2, -0.15) is 0 Å². The van der Waals surface area contributed by atoms with Crippen molar-refractivity contribution in [1.29, 1.82) is 0 Å². The van der Waals surface area contributed by atoms with Gasteiger partial charge in [0.1, 0.15) is 11.6 Å². The zero-order valence-electron chi connectivity index (χ0n) is 18.3. The zero-order valence-corrected chi connectivity index (χ0v) is 18.3. The van der Waals surface area contributed by atoms with Gasteiger partial charge in [-0.05, 0) is 105 Å².